The molecule has 0 aliphatic heterocycles. The molecule has 0 atom stereocenters. The molecule has 0 fully saturated rings. The van der Waals surface area contributed by atoms with E-state index < -0.39 is 8.07 Å². The van der Waals surface area contributed by atoms with Crippen LogP contribution in [0.4, 0.5) is 0 Å². The summed E-state index contributed by atoms with van der Waals surface area (Å²) in [6, 6.07) is 0. The molecule has 0 saturated carbocycles. The Balaban J connectivity index is 4.06. The molecule has 0 saturated heterocycles. The van der Waals surface area contributed by atoms with Crippen LogP contribution < -0.4 is 0 Å². The van der Waals surface area contributed by atoms with Crippen molar-refractivity contribution in [2.75, 3.05) is 33.4 Å². The van der Waals surface area contributed by atoms with Crippen molar-refractivity contribution >= 4 is 14.0 Å². The summed E-state index contributed by atoms with van der Waals surface area (Å²) in [4.78, 5) is 13.1. The van der Waals surface area contributed by atoms with Gasteiger partial charge < -0.3 is 9.84 Å². The average Bonchev–Trinajstić information content (AvgIpc) is 2.23. The van der Waals surface area contributed by atoms with Crippen molar-refractivity contribution in [3.8, 4) is 0 Å². The lowest BCUT2D eigenvalue weighted by Crippen LogP contribution is -2.30. The van der Waals surface area contributed by atoms with Crippen LogP contribution in [0, 0.1) is 0 Å². The van der Waals surface area contributed by atoms with Gasteiger partial charge in [-0.2, -0.15) is 0 Å². The first kappa shape index (κ1) is 16.3. The molecule has 0 unspecified atom stereocenters. The summed E-state index contributed by atoms with van der Waals surface area (Å²) in [6.45, 7) is 8.93. The van der Waals surface area contributed by atoms with E-state index in [-0.39, 0.29) is 12.6 Å². The Labute approximate surface area is 105 Å². The van der Waals surface area contributed by atoms with Gasteiger partial charge in [-0.1, -0.05) is 31.4 Å². The second kappa shape index (κ2) is 8.44. The molecule has 0 aromatic carbocycles. The molecule has 0 aliphatic carbocycles. The number of hydrogen-bond donors (Lipinski definition) is 1. The molecule has 0 radical (unpaired) electrons. The largest absolute Gasteiger partial charge is 0.469 e. The molecular weight excluding hydrogens is 234 g/mol. The Morgan fingerprint density at radius 3 is 2.47 bits per heavy atom. The molecule has 0 amide bonds. The molecule has 5 heteroatoms. The smallest absolute Gasteiger partial charge is 0.306 e. The highest BCUT2D eigenvalue weighted by atomic mass is 28.3. The lowest BCUT2D eigenvalue weighted by Gasteiger charge is -2.19. The van der Waals surface area contributed by atoms with Crippen molar-refractivity contribution in [2.45, 2.75) is 26.1 Å². The quantitative estimate of drug-likeness (QED) is 0.527. The minimum absolute atomic E-state index is 0.113. The maximum absolute atomic E-state index is 11.0. The summed E-state index contributed by atoms with van der Waals surface area (Å²) >= 11 is 0. The van der Waals surface area contributed by atoms with Crippen molar-refractivity contribution in [3.63, 3.8) is 0 Å². The Hall–Kier alpha value is -0.653. The molecule has 4 nitrogen and oxygen atoms in total. The first-order chi connectivity index (χ1) is 7.89. The minimum Gasteiger partial charge on any atom is -0.469 e. The third-order valence-corrected chi connectivity index (χ3v) is 3.49. The second-order valence-electron chi connectivity index (χ2n) is 5.12. The predicted octanol–water partition coefficient (Wildman–Crippen LogP) is 1.28. The number of rotatable bonds is 8. The van der Waals surface area contributed by atoms with Crippen molar-refractivity contribution in [3.05, 3.63) is 11.8 Å². The van der Waals surface area contributed by atoms with Gasteiger partial charge in [0, 0.05) is 19.6 Å². The Morgan fingerprint density at radius 1 is 1.35 bits per heavy atom. The molecule has 17 heavy (non-hydrogen) atoms. The fourth-order valence-electron chi connectivity index (χ4n) is 1.34. The maximum Gasteiger partial charge on any atom is 0.306 e. The summed E-state index contributed by atoms with van der Waals surface area (Å²) in [5.41, 5.74) is 2.27. The summed E-state index contributed by atoms with van der Waals surface area (Å²) in [6.07, 6.45) is 2.51. The molecule has 0 bridgehead atoms. The lowest BCUT2D eigenvalue weighted by molar-refractivity contribution is -0.141. The second-order valence-corrected chi connectivity index (χ2v) is 10.2. The van der Waals surface area contributed by atoms with Gasteiger partial charge in [0.05, 0.1) is 28.2 Å². The number of methoxy groups -OCH3 is 1. The Kier molecular flexibility index (Phi) is 8.12. The van der Waals surface area contributed by atoms with E-state index in [1.807, 2.05) is 4.90 Å². The van der Waals surface area contributed by atoms with Gasteiger partial charge >= 0.3 is 5.97 Å². The predicted molar refractivity (Wildman–Crippen MR) is 72.6 cm³/mol. The zero-order valence-electron chi connectivity index (χ0n) is 11.4. The van der Waals surface area contributed by atoms with E-state index in [4.69, 9.17) is 5.11 Å². The molecule has 0 aromatic heterocycles. The van der Waals surface area contributed by atoms with Gasteiger partial charge in [0.1, 0.15) is 0 Å². The monoisotopic (exact) mass is 259 g/mol. The number of aliphatic hydroxyl groups excluding tert-OH is 1. The molecule has 0 heterocycles. The fourth-order valence-corrected chi connectivity index (χ4v) is 2.16. The van der Waals surface area contributed by atoms with E-state index in [0.29, 0.717) is 19.5 Å². The normalized spacial score (nSPS) is 12.4. The zero-order valence-corrected chi connectivity index (χ0v) is 12.4. The molecule has 0 spiro atoms. The van der Waals surface area contributed by atoms with Gasteiger partial charge in [-0.15, -0.1) is 0 Å². The summed E-state index contributed by atoms with van der Waals surface area (Å²) < 4.78 is 4.60. The van der Waals surface area contributed by atoms with Crippen LogP contribution in [-0.4, -0.2) is 57.4 Å². The molecular formula is C12H25NO3Si. The SMILES string of the molecule is COC(=O)CCN(C/C=C/[Si](C)(C)C)CCO. The lowest BCUT2D eigenvalue weighted by atomic mass is 10.3. The fraction of sp³-hybridized carbons (Fsp3) is 0.750. The van der Waals surface area contributed by atoms with Crippen LogP contribution in [0.2, 0.25) is 19.6 Å². The van der Waals surface area contributed by atoms with E-state index in [1.165, 1.54) is 7.11 Å². The number of esters is 1. The van der Waals surface area contributed by atoms with E-state index in [9.17, 15) is 4.79 Å². The van der Waals surface area contributed by atoms with Crippen molar-refractivity contribution in [1.29, 1.82) is 0 Å². The van der Waals surface area contributed by atoms with Gasteiger partial charge in [-0.3, -0.25) is 9.69 Å². The van der Waals surface area contributed by atoms with E-state index in [1.54, 1.807) is 0 Å². The first-order valence-electron chi connectivity index (χ1n) is 5.97. The Bertz CT molecular complexity index is 249. The van der Waals surface area contributed by atoms with Gasteiger partial charge in [0.15, 0.2) is 0 Å². The number of carbonyl (C=O) groups excluding carboxylic acids is 1. The van der Waals surface area contributed by atoms with E-state index >= 15 is 0 Å². The van der Waals surface area contributed by atoms with Crippen molar-refractivity contribution in [1.82, 2.24) is 4.90 Å². The number of hydrogen-bond acceptors (Lipinski definition) is 4. The van der Waals surface area contributed by atoms with Crippen LogP contribution in [0.15, 0.2) is 11.8 Å². The number of nitrogens with zero attached hydrogens (tertiary/aromatic N) is 1. The maximum atomic E-state index is 11.0. The summed E-state index contributed by atoms with van der Waals surface area (Å²) in [7, 11) is 0.233. The minimum atomic E-state index is -1.16. The van der Waals surface area contributed by atoms with Crippen molar-refractivity contribution in [2.24, 2.45) is 0 Å². The zero-order chi connectivity index (χ0) is 13.3. The van der Waals surface area contributed by atoms with Crippen LogP contribution in [0.1, 0.15) is 6.42 Å². The van der Waals surface area contributed by atoms with E-state index in [2.05, 4.69) is 36.2 Å². The van der Waals surface area contributed by atoms with Crippen LogP contribution in [0.3, 0.4) is 0 Å². The molecule has 0 aromatic rings. The van der Waals surface area contributed by atoms with Gasteiger partial charge in [0.25, 0.3) is 0 Å². The topological polar surface area (TPSA) is 49.8 Å². The highest BCUT2D eigenvalue weighted by Gasteiger charge is 2.09. The Morgan fingerprint density at radius 2 is 2.00 bits per heavy atom. The average molecular weight is 259 g/mol. The van der Waals surface area contributed by atoms with Crippen LogP contribution in [0.5, 0.6) is 0 Å². The molecule has 0 rings (SSSR count). The number of ether oxygens (including phenoxy) is 1. The molecule has 1 N–H and O–H groups in total. The summed E-state index contributed by atoms with van der Waals surface area (Å²) in [5, 5.41) is 8.95. The standard InChI is InChI=1S/C12H25NO3Si/c1-16-12(15)6-8-13(9-10-14)7-5-11-17(2,3)4/h5,11,14H,6-10H2,1-4H3/b11-5+. The van der Waals surface area contributed by atoms with Crippen LogP contribution in [0.25, 0.3) is 0 Å². The van der Waals surface area contributed by atoms with Crippen LogP contribution >= 0.6 is 0 Å². The number of aliphatic hydroxyl groups is 1. The van der Waals surface area contributed by atoms with E-state index in [0.717, 1.165) is 6.54 Å². The first-order valence-corrected chi connectivity index (χ1v) is 9.54. The highest BCUT2D eigenvalue weighted by molar-refractivity contribution is 6.80. The third kappa shape index (κ3) is 10.2. The van der Waals surface area contributed by atoms with Gasteiger partial charge in [-0.25, -0.2) is 0 Å². The molecule has 100 valence electrons. The summed E-state index contributed by atoms with van der Waals surface area (Å²) in [5.74, 6) is -0.206. The molecule has 0 aliphatic rings. The van der Waals surface area contributed by atoms with Crippen molar-refractivity contribution < 1.29 is 14.6 Å². The van der Waals surface area contributed by atoms with Gasteiger partial charge in [0.2, 0.25) is 0 Å². The number of carbonyl (C=O) groups is 1. The third-order valence-electron chi connectivity index (χ3n) is 2.26. The highest BCUT2D eigenvalue weighted by Crippen LogP contribution is 2.02. The van der Waals surface area contributed by atoms with Crippen LogP contribution in [-0.2, 0) is 9.53 Å². The van der Waals surface area contributed by atoms with Gasteiger partial charge in [-0.05, 0) is 0 Å².